The van der Waals surface area contributed by atoms with Gasteiger partial charge in [-0.1, -0.05) is 0 Å². The molecule has 0 aromatic heterocycles. The summed E-state index contributed by atoms with van der Waals surface area (Å²) in [5, 5.41) is 0. The molecular weight excluding hydrogens is 232 g/mol. The van der Waals surface area contributed by atoms with Crippen molar-refractivity contribution in [2.24, 2.45) is 5.73 Å². The van der Waals surface area contributed by atoms with E-state index in [9.17, 15) is 9.59 Å². The van der Waals surface area contributed by atoms with Gasteiger partial charge in [-0.3, -0.25) is 9.59 Å². The molecule has 1 aliphatic rings. The molecule has 1 amide bonds. The molecule has 1 unspecified atom stereocenters. The number of nitrogens with zero attached hydrogens (tertiary/aromatic N) is 1. The number of anilines is 1. The maximum atomic E-state index is 11.8. The zero-order valence-corrected chi connectivity index (χ0v) is 10.5. The summed E-state index contributed by atoms with van der Waals surface area (Å²) in [6.45, 7) is 4.10. The van der Waals surface area contributed by atoms with Gasteiger partial charge in [0.2, 0.25) is 5.91 Å². The van der Waals surface area contributed by atoms with Crippen LogP contribution in [0.4, 0.5) is 5.69 Å². The van der Waals surface area contributed by atoms with E-state index in [1.807, 2.05) is 0 Å². The van der Waals surface area contributed by atoms with E-state index in [0.717, 1.165) is 0 Å². The zero-order chi connectivity index (χ0) is 13.3. The van der Waals surface area contributed by atoms with Crippen molar-refractivity contribution in [3.63, 3.8) is 0 Å². The van der Waals surface area contributed by atoms with E-state index < -0.39 is 6.04 Å². The molecule has 0 saturated carbocycles. The van der Waals surface area contributed by atoms with E-state index in [-0.39, 0.29) is 11.7 Å². The minimum Gasteiger partial charge on any atom is -0.490 e. The number of hydrogen-bond acceptors (Lipinski definition) is 4. The van der Waals surface area contributed by atoms with Gasteiger partial charge < -0.3 is 15.4 Å². The molecule has 0 bridgehead atoms. The van der Waals surface area contributed by atoms with Gasteiger partial charge in [-0.05, 0) is 25.1 Å². The molecule has 5 heteroatoms. The highest BCUT2D eigenvalue weighted by Crippen LogP contribution is 2.32. The molecule has 1 heterocycles. The van der Waals surface area contributed by atoms with Gasteiger partial charge in [-0.15, -0.1) is 0 Å². The van der Waals surface area contributed by atoms with E-state index in [0.29, 0.717) is 30.2 Å². The normalized spacial score (nSPS) is 15.6. The van der Waals surface area contributed by atoms with Crippen molar-refractivity contribution in [1.82, 2.24) is 0 Å². The van der Waals surface area contributed by atoms with Gasteiger partial charge in [0.05, 0.1) is 18.3 Å². The van der Waals surface area contributed by atoms with Crippen molar-refractivity contribution in [3.8, 4) is 5.75 Å². The molecular formula is C13H16N2O3. The second-order valence-corrected chi connectivity index (χ2v) is 4.35. The van der Waals surface area contributed by atoms with Crippen LogP contribution in [0.2, 0.25) is 0 Å². The molecule has 1 aliphatic heterocycles. The number of amides is 1. The number of ketones is 1. The fourth-order valence-corrected chi connectivity index (χ4v) is 1.96. The van der Waals surface area contributed by atoms with E-state index in [2.05, 4.69) is 0 Å². The average Bonchev–Trinajstić information content (AvgIpc) is 2.36. The van der Waals surface area contributed by atoms with Crippen LogP contribution in [-0.2, 0) is 4.79 Å². The molecule has 1 aromatic rings. The van der Waals surface area contributed by atoms with E-state index >= 15 is 0 Å². The summed E-state index contributed by atoms with van der Waals surface area (Å²) in [5.41, 5.74) is 6.72. The number of hydrogen-bond donors (Lipinski definition) is 1. The Morgan fingerprint density at radius 3 is 2.78 bits per heavy atom. The second kappa shape index (κ2) is 4.78. The van der Waals surface area contributed by atoms with Gasteiger partial charge >= 0.3 is 0 Å². The van der Waals surface area contributed by atoms with Crippen LogP contribution < -0.4 is 15.4 Å². The Kier molecular flexibility index (Phi) is 3.34. The standard InChI is InChI=1S/C13H16N2O3/c1-8(14)13(17)10-3-4-12-11(7-10)15(9(2)16)5-6-18-12/h3-4,7-8H,5-6,14H2,1-2H3. The largest absolute Gasteiger partial charge is 0.490 e. The maximum Gasteiger partial charge on any atom is 0.224 e. The van der Waals surface area contributed by atoms with Crippen molar-refractivity contribution in [1.29, 1.82) is 0 Å². The fraction of sp³-hybridized carbons (Fsp3) is 0.385. The number of fused-ring (bicyclic) bond motifs is 1. The molecule has 5 nitrogen and oxygen atoms in total. The third kappa shape index (κ3) is 2.22. The van der Waals surface area contributed by atoms with Crippen LogP contribution in [0.1, 0.15) is 24.2 Å². The van der Waals surface area contributed by atoms with Crippen molar-refractivity contribution in [2.45, 2.75) is 19.9 Å². The molecule has 0 radical (unpaired) electrons. The topological polar surface area (TPSA) is 72.6 Å². The number of rotatable bonds is 2. The Bertz CT molecular complexity index is 497. The molecule has 0 aliphatic carbocycles. The minimum absolute atomic E-state index is 0.0649. The lowest BCUT2D eigenvalue weighted by atomic mass is 10.0. The van der Waals surface area contributed by atoms with Gasteiger partial charge in [0.1, 0.15) is 12.4 Å². The lowest BCUT2D eigenvalue weighted by Crippen LogP contribution is -2.36. The van der Waals surface area contributed by atoms with Gasteiger partial charge in [0.15, 0.2) is 5.78 Å². The summed E-state index contributed by atoms with van der Waals surface area (Å²) in [6.07, 6.45) is 0. The van der Waals surface area contributed by atoms with E-state index in [4.69, 9.17) is 10.5 Å². The van der Waals surface area contributed by atoms with Gasteiger partial charge in [-0.2, -0.15) is 0 Å². The first-order valence-corrected chi connectivity index (χ1v) is 5.85. The number of ether oxygens (including phenoxy) is 1. The molecule has 18 heavy (non-hydrogen) atoms. The van der Waals surface area contributed by atoms with E-state index in [1.54, 1.807) is 30.0 Å². The first-order chi connectivity index (χ1) is 8.50. The van der Waals surface area contributed by atoms with Gasteiger partial charge in [-0.25, -0.2) is 0 Å². The van der Waals surface area contributed by atoms with Crippen LogP contribution in [-0.4, -0.2) is 30.9 Å². The van der Waals surface area contributed by atoms with Crippen molar-refractivity contribution in [3.05, 3.63) is 23.8 Å². The third-order valence-electron chi connectivity index (χ3n) is 2.90. The van der Waals surface area contributed by atoms with Crippen LogP contribution >= 0.6 is 0 Å². The molecule has 1 aromatic carbocycles. The molecule has 2 N–H and O–H groups in total. The number of benzene rings is 1. The third-order valence-corrected chi connectivity index (χ3v) is 2.90. The van der Waals surface area contributed by atoms with Gasteiger partial charge in [0, 0.05) is 12.5 Å². The summed E-state index contributed by atoms with van der Waals surface area (Å²) >= 11 is 0. The van der Waals surface area contributed by atoms with Crippen molar-refractivity contribution in [2.75, 3.05) is 18.1 Å². The predicted molar refractivity (Wildman–Crippen MR) is 67.9 cm³/mol. The van der Waals surface area contributed by atoms with Gasteiger partial charge in [0.25, 0.3) is 0 Å². The summed E-state index contributed by atoms with van der Waals surface area (Å²) in [5.74, 6) is 0.412. The highest BCUT2D eigenvalue weighted by molar-refractivity contribution is 6.02. The number of Topliss-reactive ketones (excluding diaryl/α,β-unsaturated/α-hetero) is 1. The SMILES string of the molecule is CC(=O)N1CCOc2ccc(C(=O)C(C)N)cc21. The van der Waals surface area contributed by atoms with Crippen LogP contribution in [0.3, 0.4) is 0 Å². The molecule has 1 atom stereocenters. The Labute approximate surface area is 106 Å². The van der Waals surface area contributed by atoms with E-state index in [1.165, 1.54) is 6.92 Å². The summed E-state index contributed by atoms with van der Waals surface area (Å²) < 4.78 is 5.46. The van der Waals surface area contributed by atoms with Crippen LogP contribution in [0.25, 0.3) is 0 Å². The first kappa shape index (κ1) is 12.6. The summed E-state index contributed by atoms with van der Waals surface area (Å²) in [6, 6.07) is 4.49. The second-order valence-electron chi connectivity index (χ2n) is 4.35. The smallest absolute Gasteiger partial charge is 0.224 e. The molecule has 0 saturated heterocycles. The zero-order valence-electron chi connectivity index (χ0n) is 10.5. The summed E-state index contributed by atoms with van der Waals surface area (Å²) in [4.78, 5) is 25.0. The quantitative estimate of drug-likeness (QED) is 0.791. The highest BCUT2D eigenvalue weighted by atomic mass is 16.5. The first-order valence-electron chi connectivity index (χ1n) is 5.85. The van der Waals surface area contributed by atoms with Crippen LogP contribution in [0, 0.1) is 0 Å². The molecule has 2 rings (SSSR count). The van der Waals surface area contributed by atoms with Crippen molar-refractivity contribution >= 4 is 17.4 Å². The monoisotopic (exact) mass is 248 g/mol. The predicted octanol–water partition coefficient (Wildman–Crippen LogP) is 0.962. The lowest BCUT2D eigenvalue weighted by Gasteiger charge is -2.29. The Balaban J connectivity index is 2.43. The average molecular weight is 248 g/mol. The Hall–Kier alpha value is -1.88. The number of nitrogens with two attached hydrogens (primary N) is 1. The Morgan fingerprint density at radius 1 is 1.44 bits per heavy atom. The highest BCUT2D eigenvalue weighted by Gasteiger charge is 2.23. The van der Waals surface area contributed by atoms with Crippen LogP contribution in [0.15, 0.2) is 18.2 Å². The van der Waals surface area contributed by atoms with Crippen molar-refractivity contribution < 1.29 is 14.3 Å². The fourth-order valence-electron chi connectivity index (χ4n) is 1.96. The minimum atomic E-state index is -0.557. The number of carbonyl (C=O) groups is 2. The lowest BCUT2D eigenvalue weighted by molar-refractivity contribution is -0.116. The molecule has 0 spiro atoms. The Morgan fingerprint density at radius 2 is 2.17 bits per heavy atom. The maximum absolute atomic E-state index is 11.8. The molecule has 96 valence electrons. The molecule has 0 fully saturated rings. The number of carbonyl (C=O) groups excluding carboxylic acids is 2. The van der Waals surface area contributed by atoms with Crippen LogP contribution in [0.5, 0.6) is 5.75 Å². The summed E-state index contributed by atoms with van der Waals surface area (Å²) in [7, 11) is 0.